The second-order valence-electron chi connectivity index (χ2n) is 7.52. The highest BCUT2D eigenvalue weighted by atomic mass is 35.5. The molecule has 1 fully saturated rings. The van der Waals surface area contributed by atoms with Crippen LogP contribution in [-0.4, -0.2) is 55.2 Å². The number of amides is 1. The number of thiazole rings is 1. The molecule has 9 heteroatoms. The molecule has 0 unspecified atom stereocenters. The van der Waals surface area contributed by atoms with Gasteiger partial charge in [-0.25, -0.2) is 4.98 Å². The van der Waals surface area contributed by atoms with Crippen molar-refractivity contribution in [2.75, 3.05) is 44.3 Å². The van der Waals surface area contributed by atoms with Gasteiger partial charge in [0.15, 0.2) is 5.13 Å². The Balaban J connectivity index is 0.00000289. The Morgan fingerprint density at radius 2 is 2.00 bits per heavy atom. The highest BCUT2D eigenvalue weighted by molar-refractivity contribution is 7.22. The number of ether oxygens (including phenoxy) is 1. The average molecular weight is 491 g/mol. The van der Waals surface area contributed by atoms with Gasteiger partial charge in [-0.15, -0.1) is 12.4 Å². The fraction of sp³-hybridized carbons (Fsp3) is 0.348. The highest BCUT2D eigenvalue weighted by Crippen LogP contribution is 2.33. The number of halogens is 2. The third-order valence-electron chi connectivity index (χ3n) is 5.34. The minimum absolute atomic E-state index is 0. The molecule has 0 spiro atoms. The SMILES string of the molecule is Cc1cc(Cl)cc2sc(N(CCCN3CCOCC3)C(=O)c3ccc(C#N)cc3)nc12.Cl. The van der Waals surface area contributed by atoms with Crippen LogP contribution in [0, 0.1) is 18.3 Å². The molecule has 1 aromatic heterocycles. The number of carbonyl (C=O) groups excluding carboxylic acids is 1. The quantitative estimate of drug-likeness (QED) is 0.490. The van der Waals surface area contributed by atoms with Crippen molar-refractivity contribution in [1.82, 2.24) is 9.88 Å². The average Bonchev–Trinajstić information content (AvgIpc) is 3.21. The van der Waals surface area contributed by atoms with E-state index in [2.05, 4.69) is 11.0 Å². The van der Waals surface area contributed by atoms with Gasteiger partial charge in [0.1, 0.15) is 0 Å². The second kappa shape index (κ2) is 11.1. The van der Waals surface area contributed by atoms with Gasteiger partial charge >= 0.3 is 0 Å². The van der Waals surface area contributed by atoms with Crippen molar-refractivity contribution in [2.45, 2.75) is 13.3 Å². The summed E-state index contributed by atoms with van der Waals surface area (Å²) in [5.41, 5.74) is 2.93. The number of morpholine rings is 1. The second-order valence-corrected chi connectivity index (χ2v) is 8.96. The first kappa shape index (κ1) is 24.4. The molecular weight excluding hydrogens is 467 g/mol. The lowest BCUT2D eigenvalue weighted by Crippen LogP contribution is -2.39. The molecule has 2 aromatic carbocycles. The molecule has 3 aromatic rings. The number of rotatable bonds is 6. The van der Waals surface area contributed by atoms with E-state index in [1.807, 2.05) is 19.1 Å². The molecule has 0 radical (unpaired) electrons. The van der Waals surface area contributed by atoms with Crippen LogP contribution in [-0.2, 0) is 4.74 Å². The minimum atomic E-state index is -0.116. The van der Waals surface area contributed by atoms with Crippen molar-refractivity contribution < 1.29 is 9.53 Å². The van der Waals surface area contributed by atoms with Gasteiger partial charge in [0.2, 0.25) is 0 Å². The number of nitriles is 1. The van der Waals surface area contributed by atoms with Crippen LogP contribution in [0.4, 0.5) is 5.13 Å². The largest absolute Gasteiger partial charge is 0.379 e. The van der Waals surface area contributed by atoms with Crippen molar-refractivity contribution in [3.05, 3.63) is 58.1 Å². The predicted octanol–water partition coefficient (Wildman–Crippen LogP) is 4.92. The van der Waals surface area contributed by atoms with Crippen LogP contribution in [0.15, 0.2) is 36.4 Å². The molecule has 1 amide bonds. The summed E-state index contributed by atoms with van der Waals surface area (Å²) < 4.78 is 6.38. The maximum atomic E-state index is 13.4. The summed E-state index contributed by atoms with van der Waals surface area (Å²) in [5, 5.41) is 10.4. The standard InChI is InChI=1S/C23H23ClN4O2S.ClH/c1-16-13-19(24)14-20-21(16)26-23(31-20)28(8-2-7-27-9-11-30-12-10-27)22(29)18-5-3-17(15-25)4-6-18;/h3-6,13-14H,2,7-12H2,1H3;1H. The van der Waals surface area contributed by atoms with Crippen molar-refractivity contribution in [3.8, 4) is 6.07 Å². The fourth-order valence-corrected chi connectivity index (χ4v) is 5.11. The Morgan fingerprint density at radius 3 is 2.69 bits per heavy atom. The number of aromatic nitrogens is 1. The zero-order valence-electron chi connectivity index (χ0n) is 17.7. The van der Waals surface area contributed by atoms with E-state index < -0.39 is 0 Å². The van der Waals surface area contributed by atoms with E-state index in [9.17, 15) is 4.79 Å². The van der Waals surface area contributed by atoms with Gasteiger partial charge in [-0.3, -0.25) is 14.6 Å². The smallest absolute Gasteiger partial charge is 0.260 e. The third kappa shape index (κ3) is 5.58. The van der Waals surface area contributed by atoms with Crippen molar-refractivity contribution in [3.63, 3.8) is 0 Å². The van der Waals surface area contributed by atoms with Crippen LogP contribution in [0.5, 0.6) is 0 Å². The molecule has 2 heterocycles. The van der Waals surface area contributed by atoms with Gasteiger partial charge in [-0.05, 0) is 55.3 Å². The summed E-state index contributed by atoms with van der Waals surface area (Å²) in [4.78, 5) is 22.3. The molecule has 4 rings (SSSR count). The van der Waals surface area contributed by atoms with Crippen LogP contribution in [0.2, 0.25) is 5.02 Å². The van der Waals surface area contributed by atoms with E-state index in [1.54, 1.807) is 29.2 Å². The number of benzene rings is 2. The summed E-state index contributed by atoms with van der Waals surface area (Å²) in [5.74, 6) is -0.116. The Hall–Kier alpha value is -2.21. The van der Waals surface area contributed by atoms with E-state index in [-0.39, 0.29) is 18.3 Å². The van der Waals surface area contributed by atoms with Crippen LogP contribution < -0.4 is 4.90 Å². The summed E-state index contributed by atoms with van der Waals surface area (Å²) in [6.45, 7) is 6.78. The van der Waals surface area contributed by atoms with Gasteiger partial charge in [0, 0.05) is 36.8 Å². The van der Waals surface area contributed by atoms with Crippen LogP contribution in [0.25, 0.3) is 10.2 Å². The number of hydrogen-bond acceptors (Lipinski definition) is 6. The van der Waals surface area contributed by atoms with Crippen LogP contribution in [0.3, 0.4) is 0 Å². The van der Waals surface area contributed by atoms with E-state index in [1.165, 1.54) is 11.3 Å². The highest BCUT2D eigenvalue weighted by Gasteiger charge is 2.22. The Kier molecular flexibility index (Phi) is 8.46. The number of fused-ring (bicyclic) bond motifs is 1. The molecule has 0 N–H and O–H groups in total. The Labute approximate surface area is 202 Å². The Morgan fingerprint density at radius 1 is 1.28 bits per heavy atom. The molecular formula is C23H24Cl2N4O2S. The van der Waals surface area contributed by atoms with Gasteiger partial charge in [0.25, 0.3) is 5.91 Å². The third-order valence-corrected chi connectivity index (χ3v) is 6.58. The summed E-state index contributed by atoms with van der Waals surface area (Å²) >= 11 is 7.70. The Bertz CT molecular complexity index is 1120. The zero-order valence-corrected chi connectivity index (χ0v) is 20.1. The molecule has 0 atom stereocenters. The van der Waals surface area contributed by atoms with Crippen LogP contribution in [0.1, 0.15) is 27.9 Å². The summed E-state index contributed by atoms with van der Waals surface area (Å²) in [7, 11) is 0. The van der Waals surface area contributed by atoms with E-state index in [4.69, 9.17) is 26.6 Å². The molecule has 6 nitrogen and oxygen atoms in total. The maximum absolute atomic E-state index is 13.4. The van der Waals surface area contributed by atoms with E-state index in [0.717, 1.165) is 55.0 Å². The lowest BCUT2D eigenvalue weighted by molar-refractivity contribution is 0.0376. The topological polar surface area (TPSA) is 69.5 Å². The first-order valence-electron chi connectivity index (χ1n) is 10.2. The molecule has 0 saturated carbocycles. The monoisotopic (exact) mass is 490 g/mol. The first-order valence-corrected chi connectivity index (χ1v) is 11.4. The lowest BCUT2D eigenvalue weighted by atomic mass is 10.1. The molecule has 168 valence electrons. The minimum Gasteiger partial charge on any atom is -0.379 e. The number of anilines is 1. The number of aryl methyl sites for hydroxylation is 1. The molecule has 1 aliphatic rings. The zero-order chi connectivity index (χ0) is 21.8. The predicted molar refractivity (Wildman–Crippen MR) is 131 cm³/mol. The van der Waals surface area contributed by atoms with Gasteiger partial charge in [0.05, 0.1) is 35.1 Å². The summed E-state index contributed by atoms with van der Waals surface area (Å²) in [6.07, 6.45) is 0.831. The van der Waals surface area contributed by atoms with Crippen molar-refractivity contribution in [1.29, 1.82) is 5.26 Å². The maximum Gasteiger partial charge on any atom is 0.260 e. The van der Waals surface area contributed by atoms with Crippen LogP contribution >= 0.6 is 35.3 Å². The van der Waals surface area contributed by atoms with Crippen molar-refractivity contribution >= 4 is 56.6 Å². The van der Waals surface area contributed by atoms with Gasteiger partial charge in [-0.1, -0.05) is 22.9 Å². The van der Waals surface area contributed by atoms with Gasteiger partial charge < -0.3 is 4.74 Å². The molecule has 0 bridgehead atoms. The number of nitrogens with zero attached hydrogens (tertiary/aromatic N) is 4. The number of carbonyl (C=O) groups is 1. The van der Waals surface area contributed by atoms with Crippen molar-refractivity contribution in [2.24, 2.45) is 0 Å². The molecule has 32 heavy (non-hydrogen) atoms. The molecule has 1 saturated heterocycles. The van der Waals surface area contributed by atoms with Gasteiger partial charge in [-0.2, -0.15) is 5.26 Å². The summed E-state index contributed by atoms with van der Waals surface area (Å²) in [6, 6.07) is 12.6. The molecule has 1 aliphatic heterocycles. The van der Waals surface area contributed by atoms with E-state index in [0.29, 0.717) is 27.8 Å². The van der Waals surface area contributed by atoms with E-state index >= 15 is 0 Å². The lowest BCUT2D eigenvalue weighted by Gasteiger charge is -2.27. The fourth-order valence-electron chi connectivity index (χ4n) is 3.66. The number of hydrogen-bond donors (Lipinski definition) is 0. The normalized spacial score (nSPS) is 14.0. The first-order chi connectivity index (χ1) is 15.0. The molecule has 0 aliphatic carbocycles.